The first-order valence-corrected chi connectivity index (χ1v) is 23.3. The molecule has 3 aromatic carbocycles. The van der Waals surface area contributed by atoms with E-state index in [1.165, 1.54) is 18.2 Å². The van der Waals surface area contributed by atoms with Gasteiger partial charge >= 0.3 is 10.2 Å². The number of aromatic nitrogens is 2. The van der Waals surface area contributed by atoms with E-state index in [-0.39, 0.29) is 49.7 Å². The number of anilines is 1. The number of halogens is 3. The maximum absolute atomic E-state index is 15.7. The van der Waals surface area contributed by atoms with Gasteiger partial charge in [-0.15, -0.1) is 0 Å². The molecule has 9 rings (SSSR count). The Morgan fingerprint density at radius 3 is 2.28 bits per heavy atom. The van der Waals surface area contributed by atoms with Gasteiger partial charge in [0, 0.05) is 100 Å². The summed E-state index contributed by atoms with van der Waals surface area (Å²) in [5, 5.41) is 2.62. The number of hydrogen-bond acceptors (Lipinski definition) is 12. The number of nitrogens with one attached hydrogen (secondary N) is 3. The summed E-state index contributed by atoms with van der Waals surface area (Å²) >= 11 is 0. The van der Waals surface area contributed by atoms with Crippen molar-refractivity contribution in [1.82, 2.24) is 34.3 Å². The number of methoxy groups -OCH3 is 1. The predicted octanol–water partition coefficient (Wildman–Crippen LogP) is 4.28. The number of benzene rings is 3. The number of ether oxygens (including phenoxy) is 3. The highest BCUT2D eigenvalue weighted by Crippen LogP contribution is 2.37. The summed E-state index contributed by atoms with van der Waals surface area (Å²) in [5.74, 6) is -3.14. The molecule has 0 unspecified atom stereocenters. The van der Waals surface area contributed by atoms with Crippen molar-refractivity contribution in [3.63, 3.8) is 0 Å². The van der Waals surface area contributed by atoms with Crippen LogP contribution in [0.5, 0.6) is 17.2 Å². The third kappa shape index (κ3) is 9.54. The highest BCUT2D eigenvalue weighted by Gasteiger charge is 2.41. The molecule has 4 aliphatic rings. The van der Waals surface area contributed by atoms with Gasteiger partial charge in [0.25, 0.3) is 5.91 Å². The number of imide groups is 1. The lowest BCUT2D eigenvalue weighted by atomic mass is 10.00. The molecule has 352 valence electrons. The van der Waals surface area contributed by atoms with Gasteiger partial charge in [-0.3, -0.25) is 39.0 Å². The molecule has 6 heterocycles. The first kappa shape index (κ1) is 45.6. The Morgan fingerprint density at radius 2 is 1.61 bits per heavy atom. The monoisotopic (exact) mass is 944 g/mol. The fourth-order valence-corrected chi connectivity index (χ4v) is 10.2. The number of carbonyl (C=O) groups is 4. The van der Waals surface area contributed by atoms with Gasteiger partial charge in [0.2, 0.25) is 17.6 Å². The lowest BCUT2D eigenvalue weighted by Crippen LogP contribution is -2.52. The fourth-order valence-electron chi connectivity index (χ4n) is 8.89. The molecule has 21 heteroatoms. The van der Waals surface area contributed by atoms with Gasteiger partial charge < -0.3 is 24.1 Å². The molecule has 4 aliphatic heterocycles. The fraction of sp³-hybridized carbons (Fsp3) is 0.370. The number of H-pyrrole nitrogens is 1. The number of amides is 3. The average Bonchev–Trinajstić information content (AvgIpc) is 4.05. The third-order valence-electron chi connectivity index (χ3n) is 12.6. The van der Waals surface area contributed by atoms with Crippen LogP contribution in [0.4, 0.5) is 18.9 Å². The Bertz CT molecular complexity index is 2860. The molecule has 3 amide bonds. The summed E-state index contributed by atoms with van der Waals surface area (Å²) in [5.41, 5.74) is 1.10. The molecule has 3 N–H and O–H groups in total. The van der Waals surface area contributed by atoms with Crippen LogP contribution in [0.3, 0.4) is 0 Å². The van der Waals surface area contributed by atoms with E-state index in [1.807, 2.05) is 35.1 Å². The predicted molar refractivity (Wildman–Crippen MR) is 238 cm³/mol. The number of carbonyl (C=O) groups excluding carboxylic acids is 4. The van der Waals surface area contributed by atoms with Crippen molar-refractivity contribution in [3.05, 3.63) is 101 Å². The number of piperidine rings is 1. The van der Waals surface area contributed by atoms with Crippen molar-refractivity contribution in [2.45, 2.75) is 38.0 Å². The lowest BCUT2D eigenvalue weighted by Gasteiger charge is -2.34. The largest absolute Gasteiger partial charge is 0.496 e. The van der Waals surface area contributed by atoms with Crippen LogP contribution >= 0.6 is 0 Å². The molecular weight excluding hydrogens is 898 g/mol. The van der Waals surface area contributed by atoms with E-state index in [4.69, 9.17) is 14.2 Å². The Hall–Kier alpha value is -6.55. The average molecular weight is 945 g/mol. The maximum atomic E-state index is 15.7. The topological polar surface area (TPSA) is 196 Å². The van der Waals surface area contributed by atoms with Crippen molar-refractivity contribution < 1.29 is 55.0 Å². The molecule has 5 aromatic rings. The molecule has 3 fully saturated rings. The van der Waals surface area contributed by atoms with Crippen molar-refractivity contribution in [3.8, 4) is 28.4 Å². The van der Waals surface area contributed by atoms with Crippen molar-refractivity contribution in [1.29, 1.82) is 0 Å². The summed E-state index contributed by atoms with van der Waals surface area (Å²) in [6.07, 6.45) is 1.97. The smallest absolute Gasteiger partial charge is 0.301 e. The summed E-state index contributed by atoms with van der Waals surface area (Å²) < 4.78 is 90.6. The van der Waals surface area contributed by atoms with Gasteiger partial charge in [0.1, 0.15) is 54.1 Å². The van der Waals surface area contributed by atoms with E-state index in [0.29, 0.717) is 71.3 Å². The number of pyridine rings is 1. The van der Waals surface area contributed by atoms with Crippen LogP contribution in [-0.4, -0.2) is 146 Å². The second-order valence-corrected chi connectivity index (χ2v) is 18.4. The van der Waals surface area contributed by atoms with Gasteiger partial charge in [0.05, 0.1) is 23.9 Å². The zero-order valence-electron chi connectivity index (χ0n) is 36.4. The molecule has 0 saturated carbocycles. The molecule has 0 spiro atoms. The number of piperazine rings is 1. The van der Waals surface area contributed by atoms with E-state index in [9.17, 15) is 32.0 Å². The maximum Gasteiger partial charge on any atom is 0.301 e. The Labute approximate surface area is 383 Å². The number of fused-ring (bicyclic) bond motifs is 2. The van der Waals surface area contributed by atoms with E-state index in [0.717, 1.165) is 48.2 Å². The van der Waals surface area contributed by atoms with Crippen LogP contribution in [0, 0.1) is 11.6 Å². The molecule has 0 bridgehead atoms. The normalized spacial score (nSPS) is 19.5. The first-order chi connectivity index (χ1) is 32.3. The van der Waals surface area contributed by atoms with E-state index >= 15 is 8.78 Å². The van der Waals surface area contributed by atoms with Crippen molar-refractivity contribution in [2.24, 2.45) is 0 Å². The first-order valence-electron chi connectivity index (χ1n) is 21.8. The minimum atomic E-state index is -4.37. The third-order valence-corrected chi connectivity index (χ3v) is 14.0. The SMILES string of the molecule is COc1cc(OCCN2CCN(CCOc3ccc(-c4cnc5[nH]cc(C(=O)c6c(F)ccc(NS(=O)(=O)N7CC[C@@H](F)C7)c6F)c5c4)cc3)CC2)cc2c1C(=O)N([C@H]1CCC(=O)NC1=O)C2. The number of rotatable bonds is 16. The van der Waals surface area contributed by atoms with Crippen LogP contribution in [-0.2, 0) is 26.3 Å². The van der Waals surface area contributed by atoms with E-state index in [2.05, 4.69) is 25.1 Å². The molecule has 3 saturated heterocycles. The van der Waals surface area contributed by atoms with Gasteiger partial charge in [-0.25, -0.2) is 18.2 Å². The quantitative estimate of drug-likeness (QED) is 0.0940. The number of ketones is 1. The summed E-state index contributed by atoms with van der Waals surface area (Å²) in [4.78, 5) is 64.5. The minimum Gasteiger partial charge on any atom is -0.496 e. The Kier molecular flexibility index (Phi) is 12.9. The minimum absolute atomic E-state index is 0.00550. The van der Waals surface area contributed by atoms with Gasteiger partial charge in [-0.05, 0) is 60.4 Å². The van der Waals surface area contributed by atoms with Crippen LogP contribution in [0.25, 0.3) is 22.2 Å². The zero-order valence-corrected chi connectivity index (χ0v) is 37.2. The second-order valence-electron chi connectivity index (χ2n) is 16.8. The molecule has 2 atom stereocenters. The van der Waals surface area contributed by atoms with E-state index < -0.39 is 63.5 Å². The molecule has 2 aromatic heterocycles. The van der Waals surface area contributed by atoms with Crippen LogP contribution in [0.15, 0.2) is 67.0 Å². The van der Waals surface area contributed by atoms with Crippen LogP contribution in [0.2, 0.25) is 0 Å². The summed E-state index contributed by atoms with van der Waals surface area (Å²) in [7, 11) is -2.88. The number of alkyl halides is 1. The number of nitrogens with zero attached hydrogens (tertiary/aromatic N) is 5. The lowest BCUT2D eigenvalue weighted by molar-refractivity contribution is -0.136. The van der Waals surface area contributed by atoms with Crippen LogP contribution < -0.4 is 24.2 Å². The molecule has 0 radical (unpaired) electrons. The van der Waals surface area contributed by atoms with Crippen LogP contribution in [0.1, 0.15) is 51.1 Å². The van der Waals surface area contributed by atoms with Gasteiger partial charge in [-0.1, -0.05) is 12.1 Å². The summed E-state index contributed by atoms with van der Waals surface area (Å²) in [6.45, 7) is 5.38. The Balaban J connectivity index is 0.745. The number of hydrogen-bond donors (Lipinski definition) is 3. The summed E-state index contributed by atoms with van der Waals surface area (Å²) in [6, 6.07) is 13.4. The van der Waals surface area contributed by atoms with E-state index in [1.54, 1.807) is 18.3 Å². The highest BCUT2D eigenvalue weighted by molar-refractivity contribution is 7.90. The van der Waals surface area contributed by atoms with Crippen molar-refractivity contribution >= 4 is 50.4 Å². The van der Waals surface area contributed by atoms with Gasteiger partial charge in [0.15, 0.2) is 5.82 Å². The molecule has 17 nitrogen and oxygen atoms in total. The highest BCUT2D eigenvalue weighted by atomic mass is 32.2. The zero-order chi connectivity index (χ0) is 47.0. The number of aromatic amines is 1. The van der Waals surface area contributed by atoms with Gasteiger partial charge in [-0.2, -0.15) is 12.7 Å². The Morgan fingerprint density at radius 1 is 0.896 bits per heavy atom. The van der Waals surface area contributed by atoms with Crippen molar-refractivity contribution in [2.75, 3.05) is 77.4 Å². The standard InChI is InChI=1S/C46H47F3N8O9S/c1-64-38-22-32(20-29-25-57(46(61)40(29)38)37-8-9-39(58)52-45(37)60)66-19-17-55-14-12-54(13-15-55)16-18-65-31-4-2-27(3-5-31)28-21-33-34(24-51-44(33)50-23-28)43(59)41-35(48)6-7-36(42(41)49)53-67(62,63)56-11-10-30(47)26-56/h2-7,20-24,30,37,53H,8-19,25-26H2,1H3,(H,50,51)(H,52,58,60)/t30-,37+/m1/s1. The molecular formula is C46H47F3N8O9S. The molecule has 67 heavy (non-hydrogen) atoms. The second kappa shape index (κ2) is 19.0. The molecule has 0 aliphatic carbocycles.